The number of nitrogens with zero attached hydrogens (tertiary/aromatic N) is 4. The lowest BCUT2D eigenvalue weighted by atomic mass is 10.1. The van der Waals surface area contributed by atoms with Crippen LogP contribution in [0.25, 0.3) is 11.4 Å². The molecule has 1 heterocycles. The van der Waals surface area contributed by atoms with Gasteiger partial charge < -0.3 is 14.8 Å². The average molecular weight is 361 g/mol. The lowest BCUT2D eigenvalue weighted by molar-refractivity contribution is -0.122. The first-order valence-corrected chi connectivity index (χ1v) is 8.87. The number of nitrogens with one attached hydrogen (secondary N) is 1. The highest BCUT2D eigenvalue weighted by Gasteiger charge is 2.13. The Morgan fingerprint density at radius 1 is 1.23 bits per heavy atom. The molecule has 0 unspecified atom stereocenters. The molecule has 0 aliphatic carbocycles. The first-order chi connectivity index (χ1) is 12.6. The van der Waals surface area contributed by atoms with E-state index in [9.17, 15) is 4.79 Å². The molecule has 1 aromatic heterocycles. The number of unbranched alkanes of at least 4 members (excludes halogenated alkanes) is 2. The van der Waals surface area contributed by atoms with Gasteiger partial charge >= 0.3 is 0 Å². The molecule has 0 saturated carbocycles. The number of carbonyl (C=O) groups excluding carboxylic acids is 1. The van der Waals surface area contributed by atoms with Crippen molar-refractivity contribution in [2.24, 2.45) is 0 Å². The van der Waals surface area contributed by atoms with Gasteiger partial charge in [-0.05, 0) is 36.8 Å². The van der Waals surface area contributed by atoms with Crippen LogP contribution in [0, 0.1) is 0 Å². The molecule has 0 saturated heterocycles. The molecule has 1 aromatic carbocycles. The summed E-state index contributed by atoms with van der Waals surface area (Å²) in [5.74, 6) is 1.51. The molecule has 26 heavy (non-hydrogen) atoms. The second kappa shape index (κ2) is 9.74. The number of ether oxygens (including phenoxy) is 2. The number of rotatable bonds is 10. The SMILES string of the molecule is CCCCC[C@@H](C)NC(=O)Cn1nnc(-c2ccc(OC)c(OC)c2)n1. The molecule has 0 bridgehead atoms. The zero-order chi connectivity index (χ0) is 18.9. The third-order valence-electron chi connectivity index (χ3n) is 4.03. The van der Waals surface area contributed by atoms with E-state index in [4.69, 9.17) is 9.47 Å². The summed E-state index contributed by atoms with van der Waals surface area (Å²) >= 11 is 0. The second-order valence-electron chi connectivity index (χ2n) is 6.18. The highest BCUT2D eigenvalue weighted by atomic mass is 16.5. The van der Waals surface area contributed by atoms with Gasteiger partial charge in [0.2, 0.25) is 11.7 Å². The number of benzene rings is 1. The standard InChI is InChI=1S/C18H27N5O3/c1-5-6-7-8-13(2)19-17(24)12-23-21-18(20-22-23)14-9-10-15(25-3)16(11-14)26-4/h9-11,13H,5-8,12H2,1-4H3,(H,19,24)/t13-/m1/s1. The van der Waals surface area contributed by atoms with Crippen molar-refractivity contribution in [3.63, 3.8) is 0 Å². The van der Waals surface area contributed by atoms with E-state index in [-0.39, 0.29) is 18.5 Å². The molecule has 8 nitrogen and oxygen atoms in total. The molecule has 1 amide bonds. The fraction of sp³-hybridized carbons (Fsp3) is 0.556. The largest absolute Gasteiger partial charge is 0.493 e. The highest BCUT2D eigenvalue weighted by Crippen LogP contribution is 2.30. The molecular formula is C18H27N5O3. The van der Waals surface area contributed by atoms with Gasteiger partial charge in [0.15, 0.2) is 11.5 Å². The minimum Gasteiger partial charge on any atom is -0.493 e. The third kappa shape index (κ3) is 5.44. The molecule has 0 fully saturated rings. The van der Waals surface area contributed by atoms with Gasteiger partial charge in [0.25, 0.3) is 0 Å². The maximum atomic E-state index is 12.1. The van der Waals surface area contributed by atoms with Crippen LogP contribution < -0.4 is 14.8 Å². The Hall–Kier alpha value is -2.64. The number of methoxy groups -OCH3 is 2. The van der Waals surface area contributed by atoms with Gasteiger partial charge in [-0.2, -0.15) is 4.80 Å². The summed E-state index contributed by atoms with van der Waals surface area (Å²) in [5, 5.41) is 15.2. The number of tetrazole rings is 1. The lowest BCUT2D eigenvalue weighted by Gasteiger charge is -2.12. The summed E-state index contributed by atoms with van der Waals surface area (Å²) in [6, 6.07) is 5.51. The maximum absolute atomic E-state index is 12.1. The van der Waals surface area contributed by atoms with Crippen molar-refractivity contribution in [3.8, 4) is 22.9 Å². The minimum absolute atomic E-state index is 0.0401. The van der Waals surface area contributed by atoms with Gasteiger partial charge in [0.05, 0.1) is 14.2 Å². The minimum atomic E-state index is -0.120. The Kier molecular flexibility index (Phi) is 7.37. The van der Waals surface area contributed by atoms with Crippen LogP contribution in [-0.4, -0.2) is 46.4 Å². The summed E-state index contributed by atoms with van der Waals surface area (Å²) in [6.45, 7) is 4.21. The van der Waals surface area contributed by atoms with Crippen molar-refractivity contribution in [2.45, 2.75) is 52.1 Å². The predicted molar refractivity (Wildman–Crippen MR) is 98.1 cm³/mol. The Balaban J connectivity index is 1.96. The molecular weight excluding hydrogens is 334 g/mol. The second-order valence-corrected chi connectivity index (χ2v) is 6.18. The van der Waals surface area contributed by atoms with Gasteiger partial charge in [-0.1, -0.05) is 26.2 Å². The van der Waals surface area contributed by atoms with E-state index in [1.807, 2.05) is 13.0 Å². The Bertz CT molecular complexity index is 717. The Labute approximate surface area is 153 Å². The predicted octanol–water partition coefficient (Wildman–Crippen LogP) is 2.44. The highest BCUT2D eigenvalue weighted by molar-refractivity contribution is 5.75. The number of hydrogen-bond donors (Lipinski definition) is 1. The van der Waals surface area contributed by atoms with Crippen molar-refractivity contribution in [1.29, 1.82) is 0 Å². The number of carbonyl (C=O) groups is 1. The molecule has 1 N–H and O–H groups in total. The van der Waals surface area contributed by atoms with Crippen LogP contribution >= 0.6 is 0 Å². The van der Waals surface area contributed by atoms with E-state index in [2.05, 4.69) is 27.7 Å². The van der Waals surface area contributed by atoms with Crippen LogP contribution in [0.3, 0.4) is 0 Å². The average Bonchev–Trinajstić information content (AvgIpc) is 3.09. The maximum Gasteiger partial charge on any atom is 0.243 e. The van der Waals surface area contributed by atoms with Crippen molar-refractivity contribution in [1.82, 2.24) is 25.5 Å². The van der Waals surface area contributed by atoms with E-state index >= 15 is 0 Å². The molecule has 0 aliphatic rings. The van der Waals surface area contributed by atoms with Gasteiger partial charge in [0.1, 0.15) is 6.54 Å². The van der Waals surface area contributed by atoms with Gasteiger partial charge in [-0.25, -0.2) is 0 Å². The number of hydrogen-bond acceptors (Lipinski definition) is 6. The molecule has 8 heteroatoms. The van der Waals surface area contributed by atoms with Gasteiger partial charge in [-0.15, -0.1) is 10.2 Å². The molecule has 0 aliphatic heterocycles. The Morgan fingerprint density at radius 2 is 2.00 bits per heavy atom. The summed E-state index contributed by atoms with van der Waals surface area (Å²) in [5.41, 5.74) is 0.738. The van der Waals surface area contributed by atoms with E-state index in [0.29, 0.717) is 17.3 Å². The van der Waals surface area contributed by atoms with Crippen molar-refractivity contribution in [3.05, 3.63) is 18.2 Å². The normalized spacial score (nSPS) is 11.8. The molecule has 142 valence electrons. The summed E-state index contributed by atoms with van der Waals surface area (Å²) in [7, 11) is 3.14. The first kappa shape index (κ1) is 19.7. The van der Waals surface area contributed by atoms with Crippen LogP contribution in [0.4, 0.5) is 0 Å². The van der Waals surface area contributed by atoms with E-state index in [0.717, 1.165) is 18.4 Å². The molecule has 2 rings (SSSR count). The number of aromatic nitrogens is 4. The van der Waals surface area contributed by atoms with E-state index < -0.39 is 0 Å². The van der Waals surface area contributed by atoms with Crippen LogP contribution in [-0.2, 0) is 11.3 Å². The molecule has 0 spiro atoms. The van der Waals surface area contributed by atoms with Crippen molar-refractivity contribution in [2.75, 3.05) is 14.2 Å². The zero-order valence-electron chi connectivity index (χ0n) is 15.9. The third-order valence-corrected chi connectivity index (χ3v) is 4.03. The van der Waals surface area contributed by atoms with Gasteiger partial charge in [0, 0.05) is 11.6 Å². The van der Waals surface area contributed by atoms with E-state index in [1.165, 1.54) is 17.6 Å². The lowest BCUT2D eigenvalue weighted by Crippen LogP contribution is -2.35. The monoisotopic (exact) mass is 361 g/mol. The summed E-state index contributed by atoms with van der Waals surface area (Å²) < 4.78 is 10.5. The van der Waals surface area contributed by atoms with Crippen molar-refractivity contribution >= 4 is 5.91 Å². The fourth-order valence-electron chi connectivity index (χ4n) is 2.62. The van der Waals surface area contributed by atoms with Crippen LogP contribution in [0.5, 0.6) is 11.5 Å². The topological polar surface area (TPSA) is 91.2 Å². The molecule has 1 atom stereocenters. The van der Waals surface area contributed by atoms with Gasteiger partial charge in [-0.3, -0.25) is 4.79 Å². The molecule has 0 radical (unpaired) electrons. The molecule has 2 aromatic rings. The quantitative estimate of drug-likeness (QED) is 0.654. The van der Waals surface area contributed by atoms with Crippen LogP contribution in [0.1, 0.15) is 39.5 Å². The first-order valence-electron chi connectivity index (χ1n) is 8.87. The smallest absolute Gasteiger partial charge is 0.243 e. The summed E-state index contributed by atoms with van der Waals surface area (Å²) in [4.78, 5) is 13.4. The van der Waals surface area contributed by atoms with Crippen LogP contribution in [0.15, 0.2) is 18.2 Å². The Morgan fingerprint density at radius 3 is 2.69 bits per heavy atom. The van der Waals surface area contributed by atoms with Crippen LogP contribution in [0.2, 0.25) is 0 Å². The van der Waals surface area contributed by atoms with Crippen molar-refractivity contribution < 1.29 is 14.3 Å². The van der Waals surface area contributed by atoms with E-state index in [1.54, 1.807) is 26.4 Å². The number of amides is 1. The fourth-order valence-corrected chi connectivity index (χ4v) is 2.62. The summed E-state index contributed by atoms with van der Waals surface area (Å²) in [6.07, 6.45) is 4.44. The zero-order valence-corrected chi connectivity index (χ0v) is 15.9.